The van der Waals surface area contributed by atoms with Crippen LogP contribution in [0.5, 0.6) is 5.75 Å². The van der Waals surface area contributed by atoms with Gasteiger partial charge in [0.25, 0.3) is 0 Å². The van der Waals surface area contributed by atoms with Crippen molar-refractivity contribution in [2.45, 2.75) is 33.8 Å². The summed E-state index contributed by atoms with van der Waals surface area (Å²) in [5.41, 5.74) is 3.73. The summed E-state index contributed by atoms with van der Waals surface area (Å²) >= 11 is 5.70. The first kappa shape index (κ1) is 11.4. The fourth-order valence-corrected chi connectivity index (χ4v) is 1.37. The molecule has 0 bridgehead atoms. The minimum absolute atomic E-state index is 0.0671. The molecule has 78 valence electrons. The van der Waals surface area contributed by atoms with E-state index in [0.717, 1.165) is 5.75 Å². The van der Waals surface area contributed by atoms with Crippen molar-refractivity contribution >= 4 is 11.6 Å². The first-order valence-electron chi connectivity index (χ1n) is 4.85. The molecule has 14 heavy (non-hydrogen) atoms. The van der Waals surface area contributed by atoms with Crippen LogP contribution in [0.25, 0.3) is 0 Å². The quantitative estimate of drug-likeness (QED) is 0.696. The van der Waals surface area contributed by atoms with Gasteiger partial charge in [-0.1, -0.05) is 6.07 Å². The Morgan fingerprint density at radius 1 is 1.14 bits per heavy atom. The monoisotopic (exact) mass is 212 g/mol. The topological polar surface area (TPSA) is 9.23 Å². The van der Waals surface area contributed by atoms with E-state index in [1.165, 1.54) is 16.7 Å². The highest BCUT2D eigenvalue weighted by molar-refractivity contribution is 6.18. The molecule has 1 unspecified atom stereocenters. The Kier molecular flexibility index (Phi) is 3.82. The molecular weight excluding hydrogens is 196 g/mol. The lowest BCUT2D eigenvalue weighted by Gasteiger charge is -2.15. The minimum Gasteiger partial charge on any atom is -0.489 e. The van der Waals surface area contributed by atoms with Crippen molar-refractivity contribution in [2.75, 3.05) is 5.88 Å². The Bertz CT molecular complexity index is 320. The zero-order chi connectivity index (χ0) is 10.7. The molecule has 0 radical (unpaired) electrons. The number of rotatable bonds is 3. The van der Waals surface area contributed by atoms with Gasteiger partial charge < -0.3 is 4.74 Å². The van der Waals surface area contributed by atoms with Crippen molar-refractivity contribution in [2.24, 2.45) is 0 Å². The third-order valence-corrected chi connectivity index (χ3v) is 2.77. The lowest BCUT2D eigenvalue weighted by atomic mass is 10.1. The first-order chi connectivity index (χ1) is 6.54. The summed E-state index contributed by atoms with van der Waals surface area (Å²) in [5, 5.41) is 0. The van der Waals surface area contributed by atoms with Gasteiger partial charge in [-0.3, -0.25) is 0 Å². The molecule has 0 amide bonds. The maximum absolute atomic E-state index is 5.70. The standard InChI is InChI=1S/C12H17ClO/c1-8-5-10(3)12(6-9(8)2)14-11(4)7-13/h5-6,11H,7H2,1-4H3. The van der Waals surface area contributed by atoms with Crippen LogP contribution in [0, 0.1) is 20.8 Å². The molecule has 0 heterocycles. The molecule has 0 aliphatic carbocycles. The van der Waals surface area contributed by atoms with Crippen LogP contribution >= 0.6 is 11.6 Å². The van der Waals surface area contributed by atoms with Crippen molar-refractivity contribution in [1.82, 2.24) is 0 Å². The van der Waals surface area contributed by atoms with Crippen molar-refractivity contribution in [3.8, 4) is 5.75 Å². The van der Waals surface area contributed by atoms with E-state index in [2.05, 4.69) is 32.9 Å². The molecule has 0 N–H and O–H groups in total. The lowest BCUT2D eigenvalue weighted by molar-refractivity contribution is 0.243. The Morgan fingerprint density at radius 2 is 1.71 bits per heavy atom. The summed E-state index contributed by atoms with van der Waals surface area (Å²) in [4.78, 5) is 0. The van der Waals surface area contributed by atoms with Gasteiger partial charge in [0.05, 0.1) is 5.88 Å². The fourth-order valence-electron chi connectivity index (χ4n) is 1.31. The van der Waals surface area contributed by atoms with Crippen LogP contribution in [-0.2, 0) is 0 Å². The lowest BCUT2D eigenvalue weighted by Crippen LogP contribution is -2.14. The third kappa shape index (κ3) is 2.65. The number of aryl methyl sites for hydroxylation is 3. The SMILES string of the molecule is Cc1cc(C)c(OC(C)CCl)cc1C. The average Bonchev–Trinajstić information content (AvgIpc) is 2.14. The van der Waals surface area contributed by atoms with Crippen LogP contribution < -0.4 is 4.74 Å². The van der Waals surface area contributed by atoms with Gasteiger partial charge in [0, 0.05) is 0 Å². The molecule has 0 spiro atoms. The van der Waals surface area contributed by atoms with Crippen LogP contribution in [0.2, 0.25) is 0 Å². The van der Waals surface area contributed by atoms with E-state index in [-0.39, 0.29) is 6.10 Å². The molecule has 1 aromatic rings. The van der Waals surface area contributed by atoms with Gasteiger partial charge in [-0.15, -0.1) is 11.6 Å². The average molecular weight is 213 g/mol. The molecule has 0 saturated carbocycles. The van der Waals surface area contributed by atoms with E-state index in [0.29, 0.717) is 5.88 Å². The largest absolute Gasteiger partial charge is 0.489 e. The van der Waals surface area contributed by atoms with Crippen LogP contribution in [-0.4, -0.2) is 12.0 Å². The van der Waals surface area contributed by atoms with Gasteiger partial charge >= 0.3 is 0 Å². The minimum atomic E-state index is 0.0671. The highest BCUT2D eigenvalue weighted by Crippen LogP contribution is 2.23. The van der Waals surface area contributed by atoms with Crippen molar-refractivity contribution < 1.29 is 4.74 Å². The first-order valence-corrected chi connectivity index (χ1v) is 5.38. The second-order valence-electron chi connectivity index (χ2n) is 3.78. The summed E-state index contributed by atoms with van der Waals surface area (Å²) in [6, 6.07) is 4.22. The van der Waals surface area contributed by atoms with Crippen LogP contribution in [0.4, 0.5) is 0 Å². The predicted molar refractivity (Wildman–Crippen MR) is 61.5 cm³/mol. The van der Waals surface area contributed by atoms with Crippen molar-refractivity contribution in [3.05, 3.63) is 28.8 Å². The maximum atomic E-state index is 5.70. The molecule has 1 nitrogen and oxygen atoms in total. The molecule has 2 heteroatoms. The summed E-state index contributed by atoms with van der Waals surface area (Å²) < 4.78 is 5.70. The number of benzene rings is 1. The molecule has 0 aromatic heterocycles. The highest BCUT2D eigenvalue weighted by Gasteiger charge is 2.06. The van der Waals surface area contributed by atoms with Gasteiger partial charge in [-0.2, -0.15) is 0 Å². The Hall–Kier alpha value is -0.690. The van der Waals surface area contributed by atoms with Gasteiger partial charge in [-0.05, 0) is 50.5 Å². The number of ether oxygens (including phenoxy) is 1. The van der Waals surface area contributed by atoms with E-state index < -0.39 is 0 Å². The summed E-state index contributed by atoms with van der Waals surface area (Å²) in [7, 11) is 0. The zero-order valence-electron chi connectivity index (χ0n) is 9.23. The smallest absolute Gasteiger partial charge is 0.122 e. The number of alkyl halides is 1. The summed E-state index contributed by atoms with van der Waals surface area (Å²) in [5.74, 6) is 1.47. The molecule has 0 aliphatic heterocycles. The van der Waals surface area contributed by atoms with E-state index in [1.54, 1.807) is 0 Å². The zero-order valence-corrected chi connectivity index (χ0v) is 9.98. The van der Waals surface area contributed by atoms with Crippen LogP contribution in [0.3, 0.4) is 0 Å². The van der Waals surface area contributed by atoms with E-state index in [4.69, 9.17) is 16.3 Å². The molecule has 0 saturated heterocycles. The Labute approximate surface area is 91.0 Å². The van der Waals surface area contributed by atoms with Crippen molar-refractivity contribution in [3.63, 3.8) is 0 Å². The summed E-state index contributed by atoms with van der Waals surface area (Å²) in [6.07, 6.45) is 0.0671. The number of halogens is 1. The van der Waals surface area contributed by atoms with Crippen molar-refractivity contribution in [1.29, 1.82) is 0 Å². The summed E-state index contributed by atoms with van der Waals surface area (Å²) in [6.45, 7) is 8.23. The van der Waals surface area contributed by atoms with E-state index in [1.807, 2.05) is 6.92 Å². The number of hydrogen-bond donors (Lipinski definition) is 0. The van der Waals surface area contributed by atoms with Gasteiger partial charge in [0.1, 0.15) is 11.9 Å². The molecule has 0 aliphatic rings. The van der Waals surface area contributed by atoms with Crippen LogP contribution in [0.1, 0.15) is 23.6 Å². The molecule has 0 fully saturated rings. The highest BCUT2D eigenvalue weighted by atomic mass is 35.5. The van der Waals surface area contributed by atoms with Crippen LogP contribution in [0.15, 0.2) is 12.1 Å². The fraction of sp³-hybridized carbons (Fsp3) is 0.500. The predicted octanol–water partition coefficient (Wildman–Crippen LogP) is 3.62. The van der Waals surface area contributed by atoms with Gasteiger partial charge in [0.2, 0.25) is 0 Å². The molecule has 1 atom stereocenters. The third-order valence-electron chi connectivity index (χ3n) is 2.34. The second-order valence-corrected chi connectivity index (χ2v) is 4.09. The molecular formula is C12H17ClO. The van der Waals surface area contributed by atoms with E-state index in [9.17, 15) is 0 Å². The molecule has 1 rings (SSSR count). The normalized spacial score (nSPS) is 12.6. The van der Waals surface area contributed by atoms with E-state index >= 15 is 0 Å². The Balaban J connectivity index is 2.92. The Morgan fingerprint density at radius 3 is 2.29 bits per heavy atom. The van der Waals surface area contributed by atoms with Gasteiger partial charge in [0.15, 0.2) is 0 Å². The second kappa shape index (κ2) is 4.70. The van der Waals surface area contributed by atoms with Gasteiger partial charge in [-0.25, -0.2) is 0 Å². The molecule has 1 aromatic carbocycles. The number of hydrogen-bond acceptors (Lipinski definition) is 1. The maximum Gasteiger partial charge on any atom is 0.122 e.